The van der Waals surface area contributed by atoms with Crippen LogP contribution < -0.4 is 16.0 Å². The third-order valence-electron chi connectivity index (χ3n) is 2.69. The smallest absolute Gasteiger partial charge is 0.328 e. The van der Waals surface area contributed by atoms with Gasteiger partial charge in [0.25, 0.3) is 0 Å². The zero-order valence-electron chi connectivity index (χ0n) is 12.0. The van der Waals surface area contributed by atoms with Crippen molar-refractivity contribution in [1.29, 1.82) is 0 Å². The van der Waals surface area contributed by atoms with Crippen molar-refractivity contribution in [2.45, 2.75) is 51.8 Å². The summed E-state index contributed by atoms with van der Waals surface area (Å²) >= 11 is 0. The van der Waals surface area contributed by atoms with Crippen molar-refractivity contribution in [3.05, 3.63) is 0 Å². The highest BCUT2D eigenvalue weighted by molar-refractivity contribution is 5.83. The number of aliphatic hydroxyl groups is 1. The van der Waals surface area contributed by atoms with E-state index in [1.165, 1.54) is 6.92 Å². The molecule has 20 heavy (non-hydrogen) atoms. The summed E-state index contributed by atoms with van der Waals surface area (Å²) in [4.78, 5) is 33.6. The monoisotopic (exact) mass is 289 g/mol. The summed E-state index contributed by atoms with van der Waals surface area (Å²) in [5.41, 5.74) is 0. The number of amides is 3. The number of hydrogen-bond donors (Lipinski definition) is 5. The van der Waals surface area contributed by atoms with Gasteiger partial charge >= 0.3 is 12.0 Å². The van der Waals surface area contributed by atoms with Gasteiger partial charge in [-0.15, -0.1) is 0 Å². The number of rotatable bonds is 8. The number of carboxylic acid groups (broad SMARTS) is 1. The lowest BCUT2D eigenvalue weighted by Gasteiger charge is -2.17. The normalized spacial score (nSPS) is 14.8. The number of aliphatic carboxylic acids is 1. The first-order chi connectivity index (χ1) is 9.27. The first-order valence-electron chi connectivity index (χ1n) is 6.52. The lowest BCUT2D eigenvalue weighted by atomic mass is 10.2. The third kappa shape index (κ3) is 7.57. The molecule has 8 nitrogen and oxygen atoms in total. The Hall–Kier alpha value is -1.83. The van der Waals surface area contributed by atoms with Gasteiger partial charge in [0.1, 0.15) is 0 Å². The summed E-state index contributed by atoms with van der Waals surface area (Å²) in [6, 6.07) is -2.05. The molecule has 8 heteroatoms. The van der Waals surface area contributed by atoms with E-state index in [0.717, 1.165) is 6.42 Å². The minimum Gasteiger partial charge on any atom is -0.480 e. The van der Waals surface area contributed by atoms with Crippen molar-refractivity contribution in [2.24, 2.45) is 0 Å². The van der Waals surface area contributed by atoms with E-state index >= 15 is 0 Å². The fraction of sp³-hybridized carbons (Fsp3) is 0.750. The maximum absolute atomic E-state index is 11.4. The first kappa shape index (κ1) is 18.2. The predicted molar refractivity (Wildman–Crippen MR) is 72.2 cm³/mol. The standard InChI is InChI=1S/C12H23N3O5/c1-4-7(2)14-9(17)5-6-13-12(20)15-10(8(3)16)11(18)19/h7-8,10,16H,4-6H2,1-3H3,(H,14,17)(H,18,19)(H2,13,15,20). The van der Waals surface area contributed by atoms with Gasteiger partial charge in [-0.25, -0.2) is 9.59 Å². The molecule has 3 atom stereocenters. The fourth-order valence-electron chi connectivity index (χ4n) is 1.32. The summed E-state index contributed by atoms with van der Waals surface area (Å²) in [7, 11) is 0. The van der Waals surface area contributed by atoms with E-state index in [2.05, 4.69) is 16.0 Å². The van der Waals surface area contributed by atoms with Crippen LogP contribution in [0.15, 0.2) is 0 Å². The Morgan fingerprint density at radius 3 is 2.20 bits per heavy atom. The fourth-order valence-corrected chi connectivity index (χ4v) is 1.32. The number of carbonyl (C=O) groups excluding carboxylic acids is 2. The van der Waals surface area contributed by atoms with E-state index in [4.69, 9.17) is 5.11 Å². The molecule has 0 aromatic rings. The summed E-state index contributed by atoms with van der Waals surface area (Å²) in [6.07, 6.45) is -0.301. The van der Waals surface area contributed by atoms with Crippen molar-refractivity contribution in [3.63, 3.8) is 0 Å². The Labute approximate surface area is 117 Å². The Balaban J connectivity index is 3.99. The molecule has 0 aromatic heterocycles. The second-order valence-corrected chi connectivity index (χ2v) is 4.58. The summed E-state index contributed by atoms with van der Waals surface area (Å²) in [5.74, 6) is -1.52. The number of aliphatic hydroxyl groups excluding tert-OH is 1. The van der Waals surface area contributed by atoms with Crippen LogP contribution in [0.4, 0.5) is 4.79 Å². The van der Waals surface area contributed by atoms with E-state index in [-0.39, 0.29) is 24.9 Å². The largest absolute Gasteiger partial charge is 0.480 e. The van der Waals surface area contributed by atoms with Gasteiger partial charge in [0.15, 0.2) is 6.04 Å². The lowest BCUT2D eigenvalue weighted by molar-refractivity contribution is -0.141. The van der Waals surface area contributed by atoms with E-state index in [0.29, 0.717) is 0 Å². The van der Waals surface area contributed by atoms with Crippen LogP contribution in [0.3, 0.4) is 0 Å². The lowest BCUT2D eigenvalue weighted by Crippen LogP contribution is -2.51. The molecule has 116 valence electrons. The molecule has 0 spiro atoms. The molecular weight excluding hydrogens is 266 g/mol. The van der Waals surface area contributed by atoms with Crippen LogP contribution in [0.1, 0.15) is 33.6 Å². The number of nitrogens with one attached hydrogen (secondary N) is 3. The molecule has 0 radical (unpaired) electrons. The van der Waals surface area contributed by atoms with Gasteiger partial charge in [-0.2, -0.15) is 0 Å². The minimum absolute atomic E-state index is 0.0722. The van der Waals surface area contributed by atoms with E-state index < -0.39 is 24.1 Å². The van der Waals surface area contributed by atoms with Crippen molar-refractivity contribution in [2.75, 3.05) is 6.54 Å². The van der Waals surface area contributed by atoms with Crippen LogP contribution in [0, 0.1) is 0 Å². The number of carbonyl (C=O) groups is 3. The Morgan fingerprint density at radius 1 is 1.15 bits per heavy atom. The van der Waals surface area contributed by atoms with Crippen molar-refractivity contribution in [1.82, 2.24) is 16.0 Å². The first-order valence-corrected chi connectivity index (χ1v) is 6.52. The average molecular weight is 289 g/mol. The van der Waals surface area contributed by atoms with Crippen LogP contribution in [0.2, 0.25) is 0 Å². The maximum Gasteiger partial charge on any atom is 0.328 e. The molecule has 0 aliphatic carbocycles. The molecule has 0 rings (SSSR count). The molecule has 0 saturated heterocycles. The van der Waals surface area contributed by atoms with Crippen LogP contribution >= 0.6 is 0 Å². The van der Waals surface area contributed by atoms with Crippen LogP contribution in [-0.4, -0.2) is 52.9 Å². The van der Waals surface area contributed by atoms with E-state index in [1.807, 2.05) is 13.8 Å². The van der Waals surface area contributed by atoms with Gasteiger partial charge in [-0.1, -0.05) is 6.92 Å². The van der Waals surface area contributed by atoms with Crippen molar-refractivity contribution >= 4 is 17.9 Å². The molecule has 5 N–H and O–H groups in total. The third-order valence-corrected chi connectivity index (χ3v) is 2.69. The Kier molecular flexibility index (Phi) is 8.30. The molecule has 3 amide bonds. The van der Waals surface area contributed by atoms with Gasteiger partial charge in [0.05, 0.1) is 6.10 Å². The quantitative estimate of drug-likeness (QED) is 0.408. The second kappa shape index (κ2) is 9.13. The zero-order valence-corrected chi connectivity index (χ0v) is 12.0. The van der Waals surface area contributed by atoms with Gasteiger partial charge in [-0.3, -0.25) is 4.79 Å². The predicted octanol–water partition coefficient (Wildman–Crippen LogP) is -0.576. The van der Waals surface area contributed by atoms with E-state index in [1.54, 1.807) is 0 Å². The molecule has 0 aliphatic heterocycles. The minimum atomic E-state index is -1.39. The molecular formula is C12H23N3O5. The topological polar surface area (TPSA) is 128 Å². The summed E-state index contributed by atoms with van der Waals surface area (Å²) in [5, 5.41) is 25.2. The summed E-state index contributed by atoms with van der Waals surface area (Å²) in [6.45, 7) is 5.16. The average Bonchev–Trinajstić information content (AvgIpc) is 2.34. The van der Waals surface area contributed by atoms with Gasteiger partial charge < -0.3 is 26.2 Å². The van der Waals surface area contributed by atoms with Crippen molar-refractivity contribution in [3.8, 4) is 0 Å². The molecule has 0 bridgehead atoms. The summed E-state index contributed by atoms with van der Waals surface area (Å²) < 4.78 is 0. The number of carboxylic acids is 1. The van der Waals surface area contributed by atoms with Crippen LogP contribution in [0.25, 0.3) is 0 Å². The molecule has 0 saturated carbocycles. The highest BCUT2D eigenvalue weighted by Crippen LogP contribution is 1.93. The van der Waals surface area contributed by atoms with Gasteiger partial charge in [0, 0.05) is 19.0 Å². The SMILES string of the molecule is CCC(C)NC(=O)CCNC(=O)NC(C(=O)O)C(C)O. The molecule has 0 aromatic carbocycles. The van der Waals surface area contributed by atoms with Gasteiger partial charge in [-0.05, 0) is 20.3 Å². The van der Waals surface area contributed by atoms with Crippen LogP contribution in [-0.2, 0) is 9.59 Å². The number of hydrogen-bond acceptors (Lipinski definition) is 4. The Bertz CT molecular complexity index is 346. The number of urea groups is 1. The highest BCUT2D eigenvalue weighted by atomic mass is 16.4. The molecule has 0 heterocycles. The molecule has 3 unspecified atom stereocenters. The molecule has 0 fully saturated rings. The maximum atomic E-state index is 11.4. The van der Waals surface area contributed by atoms with E-state index in [9.17, 15) is 19.5 Å². The van der Waals surface area contributed by atoms with Crippen molar-refractivity contribution < 1.29 is 24.6 Å². The Morgan fingerprint density at radius 2 is 1.75 bits per heavy atom. The zero-order chi connectivity index (χ0) is 15.7. The molecule has 0 aliphatic rings. The second-order valence-electron chi connectivity index (χ2n) is 4.58. The van der Waals surface area contributed by atoms with Gasteiger partial charge in [0.2, 0.25) is 5.91 Å². The van der Waals surface area contributed by atoms with Crippen LogP contribution in [0.5, 0.6) is 0 Å². The highest BCUT2D eigenvalue weighted by Gasteiger charge is 2.24.